The summed E-state index contributed by atoms with van der Waals surface area (Å²) in [6.45, 7) is 3.40. The third-order valence-corrected chi connectivity index (χ3v) is 5.03. The number of hydrogen-bond donors (Lipinski definition) is 1. The minimum absolute atomic E-state index is 0.00739. The number of nitrogens with zero attached hydrogens (tertiary/aromatic N) is 2. The first-order valence-electron chi connectivity index (χ1n) is 9.70. The van der Waals surface area contributed by atoms with Crippen molar-refractivity contribution in [2.24, 2.45) is 0 Å². The molecule has 27 heavy (non-hydrogen) atoms. The van der Waals surface area contributed by atoms with Crippen LogP contribution in [0.5, 0.6) is 5.75 Å². The molecule has 2 fully saturated rings. The molecule has 2 heterocycles. The van der Waals surface area contributed by atoms with Gasteiger partial charge in [0.15, 0.2) is 6.61 Å². The molecule has 0 aromatic heterocycles. The highest BCUT2D eigenvalue weighted by atomic mass is 16.5. The number of benzene rings is 1. The molecule has 0 aliphatic carbocycles. The highest BCUT2D eigenvalue weighted by molar-refractivity contribution is 5.94. The molecule has 1 aromatic rings. The number of nitrogens with one attached hydrogen (secondary N) is 1. The third kappa shape index (κ3) is 5.45. The fraction of sp³-hybridized carbons (Fsp3) is 0.550. The molecular formula is C20H27N3O4. The van der Waals surface area contributed by atoms with E-state index >= 15 is 0 Å². The first-order chi connectivity index (χ1) is 13.1. The standard InChI is InChI=1S/C20H27N3O4/c24-18-5-4-13-23(18)14-10-21-20(26)16-6-8-17(9-7-16)27-15-19(25)22-11-2-1-3-12-22/h6-9H,1-5,10-15H2,(H,21,26). The predicted octanol–water partition coefficient (Wildman–Crippen LogP) is 1.43. The maximum atomic E-state index is 12.2. The Morgan fingerprint density at radius 2 is 1.74 bits per heavy atom. The van der Waals surface area contributed by atoms with Gasteiger partial charge < -0.3 is 19.9 Å². The lowest BCUT2D eigenvalue weighted by Crippen LogP contribution is -2.38. The first kappa shape index (κ1) is 19.2. The predicted molar refractivity (Wildman–Crippen MR) is 101 cm³/mol. The third-order valence-electron chi connectivity index (χ3n) is 5.03. The van der Waals surface area contributed by atoms with E-state index in [0.717, 1.165) is 38.9 Å². The van der Waals surface area contributed by atoms with E-state index in [4.69, 9.17) is 4.74 Å². The van der Waals surface area contributed by atoms with Gasteiger partial charge in [0.1, 0.15) is 5.75 Å². The zero-order valence-electron chi connectivity index (χ0n) is 15.6. The second-order valence-electron chi connectivity index (χ2n) is 6.99. The average molecular weight is 373 g/mol. The van der Waals surface area contributed by atoms with Gasteiger partial charge >= 0.3 is 0 Å². The van der Waals surface area contributed by atoms with Crippen LogP contribution in [-0.2, 0) is 9.59 Å². The van der Waals surface area contributed by atoms with Crippen molar-refractivity contribution in [1.82, 2.24) is 15.1 Å². The number of carbonyl (C=O) groups excluding carboxylic acids is 3. The van der Waals surface area contributed by atoms with Gasteiger partial charge in [-0.25, -0.2) is 0 Å². The molecule has 0 unspecified atom stereocenters. The maximum absolute atomic E-state index is 12.2. The minimum Gasteiger partial charge on any atom is -0.484 e. The van der Waals surface area contributed by atoms with E-state index in [1.165, 1.54) is 6.42 Å². The van der Waals surface area contributed by atoms with Gasteiger partial charge in [-0.05, 0) is 49.9 Å². The largest absolute Gasteiger partial charge is 0.484 e. The lowest BCUT2D eigenvalue weighted by molar-refractivity contribution is -0.134. The molecule has 1 aromatic carbocycles. The molecule has 3 rings (SSSR count). The van der Waals surface area contributed by atoms with Crippen LogP contribution in [0.15, 0.2) is 24.3 Å². The second kappa shape index (κ2) is 9.39. The van der Waals surface area contributed by atoms with E-state index in [1.54, 1.807) is 29.2 Å². The Morgan fingerprint density at radius 1 is 1.00 bits per heavy atom. The van der Waals surface area contributed by atoms with Crippen LogP contribution in [0.1, 0.15) is 42.5 Å². The SMILES string of the molecule is O=C(NCCN1CCCC1=O)c1ccc(OCC(=O)N2CCCCC2)cc1. The van der Waals surface area contributed by atoms with Crippen LogP contribution in [0.25, 0.3) is 0 Å². The average Bonchev–Trinajstić information content (AvgIpc) is 3.12. The molecule has 7 heteroatoms. The molecule has 0 atom stereocenters. The topological polar surface area (TPSA) is 79.0 Å². The lowest BCUT2D eigenvalue weighted by Gasteiger charge is -2.26. The van der Waals surface area contributed by atoms with E-state index < -0.39 is 0 Å². The Bertz CT molecular complexity index is 668. The van der Waals surface area contributed by atoms with Gasteiger partial charge in [-0.15, -0.1) is 0 Å². The molecular weight excluding hydrogens is 346 g/mol. The Labute approximate surface area is 159 Å². The quantitative estimate of drug-likeness (QED) is 0.784. The summed E-state index contributed by atoms with van der Waals surface area (Å²) < 4.78 is 5.55. The van der Waals surface area contributed by atoms with Crippen LogP contribution in [0.3, 0.4) is 0 Å². The maximum Gasteiger partial charge on any atom is 0.260 e. The summed E-state index contributed by atoms with van der Waals surface area (Å²) in [5.74, 6) is 0.551. The zero-order valence-corrected chi connectivity index (χ0v) is 15.6. The van der Waals surface area contributed by atoms with Gasteiger partial charge in [0.2, 0.25) is 5.91 Å². The molecule has 1 N–H and O–H groups in total. The van der Waals surface area contributed by atoms with Crippen molar-refractivity contribution >= 4 is 17.7 Å². The van der Waals surface area contributed by atoms with Crippen LogP contribution in [0, 0.1) is 0 Å². The number of ether oxygens (including phenoxy) is 1. The molecule has 7 nitrogen and oxygen atoms in total. The van der Waals surface area contributed by atoms with E-state index in [1.807, 2.05) is 4.90 Å². The Morgan fingerprint density at radius 3 is 2.41 bits per heavy atom. The summed E-state index contributed by atoms with van der Waals surface area (Å²) in [5.41, 5.74) is 0.525. The number of amides is 3. The fourth-order valence-electron chi connectivity index (χ4n) is 3.43. The van der Waals surface area contributed by atoms with Crippen LogP contribution >= 0.6 is 0 Å². The van der Waals surface area contributed by atoms with E-state index in [-0.39, 0.29) is 24.3 Å². The summed E-state index contributed by atoms with van der Waals surface area (Å²) in [4.78, 5) is 39.4. The summed E-state index contributed by atoms with van der Waals surface area (Å²) in [7, 11) is 0. The number of carbonyl (C=O) groups is 3. The van der Waals surface area contributed by atoms with Crippen LogP contribution < -0.4 is 10.1 Å². The lowest BCUT2D eigenvalue weighted by atomic mass is 10.1. The van der Waals surface area contributed by atoms with Gasteiger partial charge in [0, 0.05) is 44.7 Å². The number of likely N-dealkylation sites (tertiary alicyclic amines) is 2. The van der Waals surface area contributed by atoms with Gasteiger partial charge in [0.05, 0.1) is 0 Å². The van der Waals surface area contributed by atoms with E-state index in [0.29, 0.717) is 30.8 Å². The Balaban J connectivity index is 1.40. The minimum atomic E-state index is -0.183. The zero-order chi connectivity index (χ0) is 19.1. The van der Waals surface area contributed by atoms with Gasteiger partial charge in [-0.2, -0.15) is 0 Å². The highest BCUT2D eigenvalue weighted by Gasteiger charge is 2.19. The van der Waals surface area contributed by atoms with Gasteiger partial charge in [0.25, 0.3) is 11.8 Å². The van der Waals surface area contributed by atoms with Crippen LogP contribution in [0.2, 0.25) is 0 Å². The molecule has 0 spiro atoms. The van der Waals surface area contributed by atoms with Crippen molar-refractivity contribution in [1.29, 1.82) is 0 Å². The molecule has 2 saturated heterocycles. The summed E-state index contributed by atoms with van der Waals surface area (Å²) in [5, 5.41) is 2.82. The molecule has 0 radical (unpaired) electrons. The molecule has 0 bridgehead atoms. The first-order valence-corrected chi connectivity index (χ1v) is 9.70. The van der Waals surface area contributed by atoms with Crippen LogP contribution in [-0.4, -0.2) is 66.9 Å². The van der Waals surface area contributed by atoms with Crippen molar-refractivity contribution in [3.05, 3.63) is 29.8 Å². The van der Waals surface area contributed by atoms with Crippen molar-refractivity contribution in [2.45, 2.75) is 32.1 Å². The van der Waals surface area contributed by atoms with Crippen molar-refractivity contribution < 1.29 is 19.1 Å². The Kier molecular flexibility index (Phi) is 6.68. The van der Waals surface area contributed by atoms with E-state index in [9.17, 15) is 14.4 Å². The normalized spacial score (nSPS) is 17.1. The monoisotopic (exact) mass is 373 g/mol. The van der Waals surface area contributed by atoms with Gasteiger partial charge in [-0.3, -0.25) is 14.4 Å². The van der Waals surface area contributed by atoms with Crippen molar-refractivity contribution in [3.63, 3.8) is 0 Å². The van der Waals surface area contributed by atoms with Crippen LogP contribution in [0.4, 0.5) is 0 Å². The van der Waals surface area contributed by atoms with E-state index in [2.05, 4.69) is 5.32 Å². The smallest absolute Gasteiger partial charge is 0.260 e. The molecule has 3 amide bonds. The summed E-state index contributed by atoms with van der Waals surface area (Å²) >= 11 is 0. The van der Waals surface area contributed by atoms with Crippen molar-refractivity contribution in [3.8, 4) is 5.75 Å². The fourth-order valence-corrected chi connectivity index (χ4v) is 3.43. The number of piperidine rings is 1. The number of hydrogen-bond acceptors (Lipinski definition) is 4. The highest BCUT2D eigenvalue weighted by Crippen LogP contribution is 2.14. The molecule has 2 aliphatic heterocycles. The summed E-state index contributed by atoms with van der Waals surface area (Å²) in [6.07, 6.45) is 4.80. The van der Waals surface area contributed by atoms with Crippen molar-refractivity contribution in [2.75, 3.05) is 39.3 Å². The number of rotatable bonds is 7. The second-order valence-corrected chi connectivity index (χ2v) is 6.99. The molecule has 2 aliphatic rings. The Hall–Kier alpha value is -2.57. The van der Waals surface area contributed by atoms with Gasteiger partial charge in [-0.1, -0.05) is 0 Å². The molecule has 0 saturated carbocycles. The molecule has 146 valence electrons. The summed E-state index contributed by atoms with van der Waals surface area (Å²) in [6, 6.07) is 6.75.